The first-order chi connectivity index (χ1) is 9.52. The highest BCUT2D eigenvalue weighted by atomic mass is 15.3. The van der Waals surface area contributed by atoms with Crippen molar-refractivity contribution in [2.45, 2.75) is 40.2 Å². The molecule has 1 aliphatic rings. The normalized spacial score (nSPS) is 20.4. The van der Waals surface area contributed by atoms with Gasteiger partial charge in [0.05, 0.1) is 6.54 Å². The van der Waals surface area contributed by atoms with Gasteiger partial charge in [-0.25, -0.2) is 0 Å². The van der Waals surface area contributed by atoms with Crippen molar-refractivity contribution in [2.24, 2.45) is 16.6 Å². The van der Waals surface area contributed by atoms with E-state index in [1.807, 2.05) is 0 Å². The lowest BCUT2D eigenvalue weighted by Gasteiger charge is -2.37. The summed E-state index contributed by atoms with van der Waals surface area (Å²) in [6.07, 6.45) is 1.13. The fourth-order valence-electron chi connectivity index (χ4n) is 2.41. The lowest BCUT2D eigenvalue weighted by Crippen LogP contribution is -2.50. The maximum Gasteiger partial charge on any atom is 0.188 e. The van der Waals surface area contributed by atoms with Crippen LogP contribution in [0.3, 0.4) is 0 Å². The molecule has 0 aromatic heterocycles. The molecule has 5 nitrogen and oxygen atoms in total. The highest BCUT2D eigenvalue weighted by Gasteiger charge is 2.19. The summed E-state index contributed by atoms with van der Waals surface area (Å²) in [5, 5.41) is 3.19. The molecule has 5 heteroatoms. The average molecular weight is 283 g/mol. The van der Waals surface area contributed by atoms with E-state index in [1.165, 1.54) is 13.1 Å². The number of rotatable bonds is 7. The van der Waals surface area contributed by atoms with Crippen LogP contribution in [0.4, 0.5) is 0 Å². The summed E-state index contributed by atoms with van der Waals surface area (Å²) in [6, 6.07) is 0.472. The average Bonchev–Trinajstić information content (AvgIpc) is 2.44. The highest BCUT2D eigenvalue weighted by Crippen LogP contribution is 2.06. The van der Waals surface area contributed by atoms with E-state index in [2.05, 4.69) is 47.8 Å². The molecule has 0 amide bonds. The zero-order valence-corrected chi connectivity index (χ0v) is 13.7. The van der Waals surface area contributed by atoms with Crippen LogP contribution < -0.4 is 11.1 Å². The molecule has 0 spiro atoms. The van der Waals surface area contributed by atoms with Gasteiger partial charge in [-0.05, 0) is 25.8 Å². The Hall–Kier alpha value is -0.810. The summed E-state index contributed by atoms with van der Waals surface area (Å²) in [6.45, 7) is 16.4. The Kier molecular flexibility index (Phi) is 7.92. The number of nitrogens with two attached hydrogens (primary N) is 1. The van der Waals surface area contributed by atoms with Crippen molar-refractivity contribution in [1.82, 2.24) is 15.1 Å². The minimum absolute atomic E-state index is 0.472. The van der Waals surface area contributed by atoms with Crippen LogP contribution in [-0.2, 0) is 0 Å². The van der Waals surface area contributed by atoms with Crippen LogP contribution in [0.15, 0.2) is 4.99 Å². The number of hydrogen-bond donors (Lipinski definition) is 2. The number of aliphatic imine (C=N–C) groups is 1. The molecule has 1 heterocycles. The smallest absolute Gasteiger partial charge is 0.188 e. The Bertz CT molecular complexity index is 282. The first kappa shape index (κ1) is 17.2. The Balaban J connectivity index is 2.22. The molecule has 1 atom stereocenters. The van der Waals surface area contributed by atoms with Gasteiger partial charge >= 0.3 is 0 Å². The fourth-order valence-corrected chi connectivity index (χ4v) is 2.41. The molecule has 1 fully saturated rings. The van der Waals surface area contributed by atoms with Crippen molar-refractivity contribution in [1.29, 1.82) is 0 Å². The molecule has 0 aromatic carbocycles. The molecule has 0 radical (unpaired) electrons. The first-order valence-corrected chi connectivity index (χ1v) is 8.03. The molecule has 0 aliphatic carbocycles. The maximum atomic E-state index is 5.89. The van der Waals surface area contributed by atoms with E-state index < -0.39 is 0 Å². The molecule has 0 bridgehead atoms. The molecule has 20 heavy (non-hydrogen) atoms. The number of guanidine groups is 1. The minimum atomic E-state index is 0.472. The number of nitrogens with zero attached hydrogens (tertiary/aromatic N) is 3. The van der Waals surface area contributed by atoms with E-state index in [9.17, 15) is 0 Å². The lowest BCUT2D eigenvalue weighted by molar-refractivity contribution is 0.109. The van der Waals surface area contributed by atoms with Crippen molar-refractivity contribution in [3.8, 4) is 0 Å². The summed E-state index contributed by atoms with van der Waals surface area (Å²) >= 11 is 0. The Morgan fingerprint density at radius 1 is 1.20 bits per heavy atom. The predicted molar refractivity (Wildman–Crippen MR) is 87.1 cm³/mol. The van der Waals surface area contributed by atoms with Crippen LogP contribution in [0.5, 0.6) is 0 Å². The number of nitrogens with one attached hydrogen (secondary N) is 1. The Labute approximate surface area is 124 Å². The van der Waals surface area contributed by atoms with E-state index in [-0.39, 0.29) is 0 Å². The van der Waals surface area contributed by atoms with E-state index in [1.54, 1.807) is 0 Å². The summed E-state index contributed by atoms with van der Waals surface area (Å²) in [4.78, 5) is 9.47. The summed E-state index contributed by atoms with van der Waals surface area (Å²) in [7, 11) is 0. The van der Waals surface area contributed by atoms with Crippen LogP contribution in [0.2, 0.25) is 0 Å². The third-order valence-electron chi connectivity index (χ3n) is 4.03. The quantitative estimate of drug-likeness (QED) is 0.540. The molecule has 118 valence electrons. The van der Waals surface area contributed by atoms with Crippen LogP contribution in [-0.4, -0.2) is 67.6 Å². The largest absolute Gasteiger partial charge is 0.370 e. The second-order valence-corrected chi connectivity index (χ2v) is 6.15. The van der Waals surface area contributed by atoms with Crippen LogP contribution in [0.1, 0.15) is 34.1 Å². The molecule has 1 rings (SSSR count). The van der Waals surface area contributed by atoms with Gasteiger partial charge in [-0.1, -0.05) is 20.8 Å². The molecule has 3 N–H and O–H groups in total. The van der Waals surface area contributed by atoms with E-state index in [0.29, 0.717) is 17.9 Å². The third kappa shape index (κ3) is 6.57. The Morgan fingerprint density at radius 2 is 1.85 bits per heavy atom. The van der Waals surface area contributed by atoms with Gasteiger partial charge in [0.1, 0.15) is 0 Å². The van der Waals surface area contributed by atoms with Crippen molar-refractivity contribution in [3.63, 3.8) is 0 Å². The molecule has 0 aromatic rings. The van der Waals surface area contributed by atoms with Gasteiger partial charge in [0, 0.05) is 38.8 Å². The zero-order chi connectivity index (χ0) is 15.0. The number of hydrogen-bond acceptors (Lipinski definition) is 3. The van der Waals surface area contributed by atoms with E-state index >= 15 is 0 Å². The molecule has 1 unspecified atom stereocenters. The zero-order valence-electron chi connectivity index (χ0n) is 13.7. The van der Waals surface area contributed by atoms with E-state index in [0.717, 1.165) is 39.1 Å². The maximum absolute atomic E-state index is 5.89. The third-order valence-corrected chi connectivity index (χ3v) is 4.03. The van der Waals surface area contributed by atoms with Crippen LogP contribution >= 0.6 is 0 Å². The van der Waals surface area contributed by atoms with Crippen molar-refractivity contribution < 1.29 is 0 Å². The van der Waals surface area contributed by atoms with Gasteiger partial charge in [-0.3, -0.25) is 9.89 Å². The lowest BCUT2D eigenvalue weighted by atomic mass is 10.1. The summed E-state index contributed by atoms with van der Waals surface area (Å²) in [5.41, 5.74) is 5.89. The second-order valence-electron chi connectivity index (χ2n) is 6.15. The minimum Gasteiger partial charge on any atom is -0.370 e. The first-order valence-electron chi connectivity index (χ1n) is 8.03. The summed E-state index contributed by atoms with van der Waals surface area (Å²) < 4.78 is 0. The fraction of sp³-hybridized carbons (Fsp3) is 0.933. The van der Waals surface area contributed by atoms with Gasteiger partial charge in [-0.2, -0.15) is 0 Å². The molecule has 1 aliphatic heterocycles. The van der Waals surface area contributed by atoms with Crippen molar-refractivity contribution in [3.05, 3.63) is 0 Å². The standard InChI is InChI=1S/C15H33N5/c1-5-19-8-10-20(11-9-19)14(4)12-18-15(16)17-7-6-13(2)3/h13-14H,5-12H2,1-4H3,(H3,16,17,18). The number of likely N-dealkylation sites (N-methyl/N-ethyl adjacent to an activating group) is 1. The SMILES string of the molecule is CCN1CCN(C(C)CN=C(N)NCCC(C)C)CC1. The molecular weight excluding hydrogens is 250 g/mol. The molecule has 1 saturated heterocycles. The van der Waals surface area contributed by atoms with E-state index in [4.69, 9.17) is 5.73 Å². The highest BCUT2D eigenvalue weighted by molar-refractivity contribution is 5.77. The van der Waals surface area contributed by atoms with Gasteiger partial charge in [0.15, 0.2) is 5.96 Å². The number of piperazine rings is 1. The van der Waals surface area contributed by atoms with Crippen molar-refractivity contribution >= 4 is 5.96 Å². The predicted octanol–water partition coefficient (Wildman–Crippen LogP) is 0.963. The van der Waals surface area contributed by atoms with Crippen LogP contribution in [0, 0.1) is 5.92 Å². The topological polar surface area (TPSA) is 56.9 Å². The second kappa shape index (κ2) is 9.19. The van der Waals surface area contributed by atoms with Crippen molar-refractivity contribution in [2.75, 3.05) is 45.8 Å². The van der Waals surface area contributed by atoms with Gasteiger partial charge in [-0.15, -0.1) is 0 Å². The van der Waals surface area contributed by atoms with Gasteiger partial charge < -0.3 is 16.0 Å². The molecule has 0 saturated carbocycles. The Morgan fingerprint density at radius 3 is 2.40 bits per heavy atom. The summed E-state index contributed by atoms with van der Waals surface area (Å²) in [5.74, 6) is 1.29. The monoisotopic (exact) mass is 283 g/mol. The van der Waals surface area contributed by atoms with Gasteiger partial charge in [0.25, 0.3) is 0 Å². The van der Waals surface area contributed by atoms with Crippen LogP contribution in [0.25, 0.3) is 0 Å². The van der Waals surface area contributed by atoms with Gasteiger partial charge in [0.2, 0.25) is 0 Å². The molecular formula is C15H33N5.